The Morgan fingerprint density at radius 1 is 1.39 bits per heavy atom. The van der Waals surface area contributed by atoms with Gasteiger partial charge in [-0.1, -0.05) is 39.0 Å². The number of carbonyl (C=O) groups is 1. The molecule has 1 unspecified atom stereocenters. The number of rotatable bonds is 3. The number of ether oxygens (including phenoxy) is 1. The number of amides is 1. The van der Waals surface area contributed by atoms with Gasteiger partial charge in [0.25, 0.3) is 0 Å². The van der Waals surface area contributed by atoms with Crippen molar-refractivity contribution in [1.29, 1.82) is 0 Å². The summed E-state index contributed by atoms with van der Waals surface area (Å²) in [5.74, 6) is 1.05. The first-order valence-electron chi connectivity index (χ1n) is 6.45. The van der Waals surface area contributed by atoms with Crippen LogP contribution in [0.15, 0.2) is 24.3 Å². The summed E-state index contributed by atoms with van der Waals surface area (Å²) >= 11 is 0. The van der Waals surface area contributed by atoms with Gasteiger partial charge in [-0.25, -0.2) is 0 Å². The van der Waals surface area contributed by atoms with Gasteiger partial charge in [0.15, 0.2) is 0 Å². The molecule has 0 bridgehead atoms. The molecule has 1 atom stereocenters. The van der Waals surface area contributed by atoms with Crippen LogP contribution in [0.4, 0.5) is 0 Å². The molecule has 0 fully saturated rings. The second-order valence-corrected chi connectivity index (χ2v) is 6.09. The minimum absolute atomic E-state index is 0.0313. The van der Waals surface area contributed by atoms with Crippen molar-refractivity contribution in [3.63, 3.8) is 0 Å². The molecule has 18 heavy (non-hydrogen) atoms. The second kappa shape index (κ2) is 5.01. The summed E-state index contributed by atoms with van der Waals surface area (Å²) in [4.78, 5) is 11.7. The van der Waals surface area contributed by atoms with E-state index in [-0.39, 0.29) is 17.4 Å². The molecule has 1 aliphatic rings. The lowest BCUT2D eigenvalue weighted by Crippen LogP contribution is -2.36. The Balaban J connectivity index is 1.79. The van der Waals surface area contributed by atoms with E-state index in [0.29, 0.717) is 13.0 Å². The van der Waals surface area contributed by atoms with Crippen LogP contribution in [0.5, 0.6) is 5.75 Å². The Kier molecular flexibility index (Phi) is 3.60. The minimum Gasteiger partial charge on any atom is -0.488 e. The molecule has 0 aromatic heterocycles. The number of nitrogens with one attached hydrogen (secondary N) is 1. The van der Waals surface area contributed by atoms with Crippen molar-refractivity contribution in [3.8, 4) is 5.75 Å². The van der Waals surface area contributed by atoms with E-state index in [1.54, 1.807) is 0 Å². The van der Waals surface area contributed by atoms with Gasteiger partial charge in [-0.05, 0) is 17.0 Å². The molecule has 0 saturated carbocycles. The lowest BCUT2D eigenvalue weighted by Gasteiger charge is -2.18. The molecule has 3 nitrogen and oxygen atoms in total. The maximum Gasteiger partial charge on any atom is 0.220 e. The molecular formula is C15H21NO2. The van der Waals surface area contributed by atoms with Gasteiger partial charge in [0.1, 0.15) is 11.9 Å². The van der Waals surface area contributed by atoms with Crippen molar-refractivity contribution in [2.75, 3.05) is 6.54 Å². The summed E-state index contributed by atoms with van der Waals surface area (Å²) in [5.41, 5.74) is 1.26. The Bertz CT molecular complexity index is 409. The van der Waals surface area contributed by atoms with Gasteiger partial charge in [-0.3, -0.25) is 4.79 Å². The molecule has 1 aromatic rings. The zero-order valence-corrected chi connectivity index (χ0v) is 11.3. The fourth-order valence-electron chi connectivity index (χ4n) is 2.14. The first-order chi connectivity index (χ1) is 8.44. The molecule has 98 valence electrons. The summed E-state index contributed by atoms with van der Waals surface area (Å²) in [6, 6.07) is 8.04. The highest BCUT2D eigenvalue weighted by molar-refractivity contribution is 5.76. The highest BCUT2D eigenvalue weighted by atomic mass is 16.5. The first-order valence-corrected chi connectivity index (χ1v) is 6.45. The maximum absolute atomic E-state index is 11.7. The van der Waals surface area contributed by atoms with E-state index >= 15 is 0 Å². The largest absolute Gasteiger partial charge is 0.488 e. The summed E-state index contributed by atoms with van der Waals surface area (Å²) < 4.78 is 5.77. The molecule has 3 heteroatoms. The zero-order chi connectivity index (χ0) is 13.2. The second-order valence-electron chi connectivity index (χ2n) is 6.09. The molecule has 1 aliphatic heterocycles. The van der Waals surface area contributed by atoms with Crippen LogP contribution in [-0.2, 0) is 11.2 Å². The molecule has 0 radical (unpaired) electrons. The van der Waals surface area contributed by atoms with Crippen molar-refractivity contribution >= 4 is 5.91 Å². The SMILES string of the molecule is CC(C)(C)CC(=O)NCC1Cc2ccccc2O1. The highest BCUT2D eigenvalue weighted by Gasteiger charge is 2.23. The van der Waals surface area contributed by atoms with Crippen LogP contribution in [0.2, 0.25) is 0 Å². The fraction of sp³-hybridized carbons (Fsp3) is 0.533. The maximum atomic E-state index is 11.7. The van der Waals surface area contributed by atoms with Gasteiger partial charge in [-0.15, -0.1) is 0 Å². The summed E-state index contributed by atoms with van der Waals surface area (Å²) in [6.07, 6.45) is 1.50. The van der Waals surface area contributed by atoms with E-state index in [0.717, 1.165) is 12.2 Å². The third kappa shape index (κ3) is 3.49. The van der Waals surface area contributed by atoms with Gasteiger partial charge >= 0.3 is 0 Å². The van der Waals surface area contributed by atoms with Crippen molar-refractivity contribution in [2.24, 2.45) is 5.41 Å². The highest BCUT2D eigenvalue weighted by Crippen LogP contribution is 2.27. The molecule has 0 saturated heterocycles. The van der Waals surface area contributed by atoms with Gasteiger partial charge in [0.05, 0.1) is 6.54 Å². The Morgan fingerprint density at radius 3 is 2.78 bits per heavy atom. The summed E-state index contributed by atoms with van der Waals surface area (Å²) in [7, 11) is 0. The number of carbonyl (C=O) groups excluding carboxylic acids is 1. The van der Waals surface area contributed by atoms with Crippen LogP contribution in [0, 0.1) is 5.41 Å². The van der Waals surface area contributed by atoms with E-state index in [1.165, 1.54) is 5.56 Å². The molecule has 1 N–H and O–H groups in total. The zero-order valence-electron chi connectivity index (χ0n) is 11.3. The number of fused-ring (bicyclic) bond motifs is 1. The van der Waals surface area contributed by atoms with E-state index in [9.17, 15) is 4.79 Å². The topological polar surface area (TPSA) is 38.3 Å². The Morgan fingerprint density at radius 2 is 2.11 bits per heavy atom. The molecule has 2 rings (SSSR count). The number of benzene rings is 1. The van der Waals surface area contributed by atoms with E-state index in [4.69, 9.17) is 4.74 Å². The van der Waals surface area contributed by atoms with Gasteiger partial charge in [0, 0.05) is 12.8 Å². The quantitative estimate of drug-likeness (QED) is 0.891. The third-order valence-corrected chi connectivity index (χ3v) is 2.93. The lowest BCUT2D eigenvalue weighted by molar-refractivity contribution is -0.123. The number of para-hydroxylation sites is 1. The van der Waals surface area contributed by atoms with Crippen molar-refractivity contribution in [3.05, 3.63) is 29.8 Å². The molecule has 0 aliphatic carbocycles. The average molecular weight is 247 g/mol. The van der Waals surface area contributed by atoms with Gasteiger partial charge < -0.3 is 10.1 Å². The lowest BCUT2D eigenvalue weighted by atomic mass is 9.92. The van der Waals surface area contributed by atoms with Gasteiger partial charge in [-0.2, -0.15) is 0 Å². The van der Waals surface area contributed by atoms with Crippen LogP contribution in [0.3, 0.4) is 0 Å². The number of hydrogen-bond acceptors (Lipinski definition) is 2. The van der Waals surface area contributed by atoms with E-state index < -0.39 is 0 Å². The first kappa shape index (κ1) is 12.9. The molecule has 0 spiro atoms. The van der Waals surface area contributed by atoms with Crippen molar-refractivity contribution < 1.29 is 9.53 Å². The molecule has 1 aromatic carbocycles. The third-order valence-electron chi connectivity index (χ3n) is 2.93. The smallest absolute Gasteiger partial charge is 0.220 e. The van der Waals surface area contributed by atoms with E-state index in [2.05, 4.69) is 32.2 Å². The normalized spacial score (nSPS) is 18.1. The molecule has 1 heterocycles. The van der Waals surface area contributed by atoms with Crippen LogP contribution < -0.4 is 10.1 Å². The molecular weight excluding hydrogens is 226 g/mol. The monoisotopic (exact) mass is 247 g/mol. The summed E-state index contributed by atoms with van der Waals surface area (Å²) in [6.45, 7) is 6.78. The standard InChI is InChI=1S/C15H21NO2/c1-15(2,3)9-14(17)16-10-12-8-11-6-4-5-7-13(11)18-12/h4-7,12H,8-10H2,1-3H3,(H,16,17). The average Bonchev–Trinajstić information content (AvgIpc) is 2.66. The Labute approximate surface area is 109 Å². The van der Waals surface area contributed by atoms with Crippen LogP contribution >= 0.6 is 0 Å². The van der Waals surface area contributed by atoms with Crippen LogP contribution in [0.1, 0.15) is 32.8 Å². The van der Waals surface area contributed by atoms with Crippen LogP contribution in [-0.4, -0.2) is 18.6 Å². The van der Waals surface area contributed by atoms with E-state index in [1.807, 2.05) is 18.2 Å². The fourth-order valence-corrected chi connectivity index (χ4v) is 2.14. The predicted molar refractivity (Wildman–Crippen MR) is 71.6 cm³/mol. The Hall–Kier alpha value is -1.51. The van der Waals surface area contributed by atoms with Crippen molar-refractivity contribution in [1.82, 2.24) is 5.32 Å². The van der Waals surface area contributed by atoms with Crippen LogP contribution in [0.25, 0.3) is 0 Å². The van der Waals surface area contributed by atoms with Crippen molar-refractivity contribution in [2.45, 2.75) is 39.7 Å². The van der Waals surface area contributed by atoms with Gasteiger partial charge in [0.2, 0.25) is 5.91 Å². The minimum atomic E-state index is 0.0313. The predicted octanol–water partition coefficient (Wildman–Crippen LogP) is 2.54. The summed E-state index contributed by atoms with van der Waals surface area (Å²) in [5, 5.41) is 2.95. The number of hydrogen-bond donors (Lipinski definition) is 1. The molecule has 1 amide bonds.